The van der Waals surface area contributed by atoms with E-state index in [1.807, 2.05) is 35.2 Å². The zero-order chi connectivity index (χ0) is 14.6. The largest absolute Gasteiger partial charge is 0.353 e. The molecule has 1 N–H and O–H groups in total. The minimum Gasteiger partial charge on any atom is -0.353 e. The van der Waals surface area contributed by atoms with Crippen molar-refractivity contribution in [1.29, 1.82) is 0 Å². The van der Waals surface area contributed by atoms with Gasteiger partial charge in [-0.3, -0.25) is 0 Å². The van der Waals surface area contributed by atoms with Crippen LogP contribution in [-0.4, -0.2) is 63.7 Å². The van der Waals surface area contributed by atoms with Crippen molar-refractivity contribution in [3.63, 3.8) is 0 Å². The van der Waals surface area contributed by atoms with E-state index in [0.717, 1.165) is 36.0 Å². The molecule has 1 heterocycles. The summed E-state index contributed by atoms with van der Waals surface area (Å²) in [6.07, 6.45) is 0. The second-order valence-electron chi connectivity index (χ2n) is 4.78. The Hall–Kier alpha value is -1.44. The highest BCUT2D eigenvalue weighted by Crippen LogP contribution is 2.10. The van der Waals surface area contributed by atoms with E-state index in [2.05, 4.69) is 9.71 Å². The summed E-state index contributed by atoms with van der Waals surface area (Å²) in [5.74, 6) is 0.515. The summed E-state index contributed by atoms with van der Waals surface area (Å²) >= 11 is 0. The Balaban J connectivity index is 2.41. The van der Waals surface area contributed by atoms with Crippen LogP contribution in [0.3, 0.4) is 0 Å². The summed E-state index contributed by atoms with van der Waals surface area (Å²) in [4.78, 5) is 2.01. The van der Waals surface area contributed by atoms with E-state index in [1.165, 1.54) is 14.1 Å². The molecule has 0 saturated carbocycles. The molecule has 20 heavy (non-hydrogen) atoms. The third-order valence-electron chi connectivity index (χ3n) is 3.11. The zero-order valence-electron chi connectivity index (χ0n) is 11.8. The molecule has 0 unspecified atom stereocenters. The molecule has 2 rings (SSSR count). The molecule has 0 radical (unpaired) electrons. The first-order chi connectivity index (χ1) is 9.50. The maximum absolute atomic E-state index is 12.1. The summed E-state index contributed by atoms with van der Waals surface area (Å²) in [6.45, 7) is 3.15. The molecule has 0 bridgehead atoms. The van der Waals surface area contributed by atoms with Gasteiger partial charge in [-0.15, -0.1) is 4.40 Å². The van der Waals surface area contributed by atoms with Gasteiger partial charge in [0.15, 0.2) is 0 Å². The first kappa shape index (κ1) is 15.0. The number of hydrogen-bond acceptors (Lipinski definition) is 3. The molecule has 0 atom stereocenters. The Morgan fingerprint density at radius 1 is 1.20 bits per heavy atom. The van der Waals surface area contributed by atoms with E-state index in [0.29, 0.717) is 5.84 Å². The Morgan fingerprint density at radius 3 is 2.35 bits per heavy atom. The lowest BCUT2D eigenvalue weighted by Gasteiger charge is -2.30. The van der Waals surface area contributed by atoms with Gasteiger partial charge in [0.25, 0.3) is 0 Å². The van der Waals surface area contributed by atoms with Crippen LogP contribution in [0.25, 0.3) is 0 Å². The molecule has 1 aliphatic heterocycles. The van der Waals surface area contributed by atoms with Crippen molar-refractivity contribution < 1.29 is 8.42 Å². The fourth-order valence-electron chi connectivity index (χ4n) is 1.95. The van der Waals surface area contributed by atoms with Crippen molar-refractivity contribution in [2.24, 2.45) is 4.40 Å². The van der Waals surface area contributed by atoms with E-state index in [4.69, 9.17) is 0 Å². The van der Waals surface area contributed by atoms with Crippen LogP contribution in [0.1, 0.15) is 5.56 Å². The summed E-state index contributed by atoms with van der Waals surface area (Å²) < 4.78 is 29.2. The van der Waals surface area contributed by atoms with Gasteiger partial charge >= 0.3 is 10.2 Å². The van der Waals surface area contributed by atoms with Gasteiger partial charge in [0, 0.05) is 45.8 Å². The monoisotopic (exact) mass is 296 g/mol. The molecule has 1 fully saturated rings. The van der Waals surface area contributed by atoms with Gasteiger partial charge in [-0.2, -0.15) is 12.7 Å². The average molecular weight is 296 g/mol. The predicted molar refractivity (Wildman–Crippen MR) is 80.0 cm³/mol. The third kappa shape index (κ3) is 3.56. The highest BCUT2D eigenvalue weighted by atomic mass is 32.2. The first-order valence-electron chi connectivity index (χ1n) is 6.54. The highest BCUT2D eigenvalue weighted by molar-refractivity contribution is 7.87. The van der Waals surface area contributed by atoms with Crippen LogP contribution in [0.15, 0.2) is 34.7 Å². The highest BCUT2D eigenvalue weighted by Gasteiger charge is 2.21. The van der Waals surface area contributed by atoms with Gasteiger partial charge in [-0.25, -0.2) is 0 Å². The maximum atomic E-state index is 12.1. The van der Waals surface area contributed by atoms with Crippen LogP contribution in [0.4, 0.5) is 0 Å². The number of rotatable bonds is 3. The fourth-order valence-corrected chi connectivity index (χ4v) is 2.55. The van der Waals surface area contributed by atoms with Crippen LogP contribution in [-0.2, 0) is 10.2 Å². The van der Waals surface area contributed by atoms with Crippen molar-refractivity contribution in [3.8, 4) is 0 Å². The van der Waals surface area contributed by atoms with Crippen molar-refractivity contribution >= 4 is 16.0 Å². The van der Waals surface area contributed by atoms with E-state index < -0.39 is 10.2 Å². The Bertz CT molecular complexity index is 563. The standard InChI is InChI=1S/C13H20N4O2S/c1-16(2)20(18,19)15-13(12-6-4-3-5-7-12)17-10-8-14-9-11-17/h3-7,14H,8-11H2,1-2H3. The van der Waals surface area contributed by atoms with E-state index in [-0.39, 0.29) is 0 Å². The van der Waals surface area contributed by atoms with Gasteiger partial charge in [0.05, 0.1) is 0 Å². The molecule has 1 aliphatic rings. The second kappa shape index (κ2) is 6.34. The van der Waals surface area contributed by atoms with Crippen molar-refractivity contribution in [2.45, 2.75) is 0 Å². The Morgan fingerprint density at radius 2 is 1.80 bits per heavy atom. The number of benzene rings is 1. The van der Waals surface area contributed by atoms with Gasteiger partial charge in [0.2, 0.25) is 0 Å². The summed E-state index contributed by atoms with van der Waals surface area (Å²) in [5.41, 5.74) is 0.819. The molecule has 0 aromatic heterocycles. The van der Waals surface area contributed by atoms with Gasteiger partial charge in [0.1, 0.15) is 5.84 Å². The van der Waals surface area contributed by atoms with Gasteiger partial charge in [-0.1, -0.05) is 30.3 Å². The van der Waals surface area contributed by atoms with Crippen LogP contribution in [0.2, 0.25) is 0 Å². The van der Waals surface area contributed by atoms with Crippen LogP contribution in [0.5, 0.6) is 0 Å². The summed E-state index contributed by atoms with van der Waals surface area (Å²) in [5, 5.41) is 3.25. The maximum Gasteiger partial charge on any atom is 0.323 e. The van der Waals surface area contributed by atoms with Crippen molar-refractivity contribution in [3.05, 3.63) is 35.9 Å². The van der Waals surface area contributed by atoms with E-state index in [9.17, 15) is 8.42 Å². The number of hydrogen-bond donors (Lipinski definition) is 1. The quantitative estimate of drug-likeness (QED) is 0.637. The van der Waals surface area contributed by atoms with Gasteiger partial charge < -0.3 is 10.2 Å². The molecular formula is C13H20N4O2S. The van der Waals surface area contributed by atoms with Crippen LogP contribution >= 0.6 is 0 Å². The topological polar surface area (TPSA) is 65.0 Å². The number of nitrogens with zero attached hydrogens (tertiary/aromatic N) is 3. The third-order valence-corrected chi connectivity index (χ3v) is 4.44. The van der Waals surface area contributed by atoms with Crippen LogP contribution < -0.4 is 5.32 Å². The molecular weight excluding hydrogens is 276 g/mol. The van der Waals surface area contributed by atoms with Crippen molar-refractivity contribution in [2.75, 3.05) is 40.3 Å². The summed E-state index contributed by atoms with van der Waals surface area (Å²) in [7, 11) is -0.665. The first-order valence-corrected chi connectivity index (χ1v) is 7.94. The van der Waals surface area contributed by atoms with Crippen molar-refractivity contribution in [1.82, 2.24) is 14.5 Å². The molecule has 7 heteroatoms. The SMILES string of the molecule is CN(C)S(=O)(=O)N=C(c1ccccc1)N1CCNCC1. The Kier molecular flexibility index (Phi) is 4.74. The lowest BCUT2D eigenvalue weighted by Crippen LogP contribution is -2.47. The van der Waals surface area contributed by atoms with Crippen LogP contribution in [0, 0.1) is 0 Å². The minimum absolute atomic E-state index is 0.515. The predicted octanol–water partition coefficient (Wildman–Crippen LogP) is 0.145. The van der Waals surface area contributed by atoms with E-state index in [1.54, 1.807) is 0 Å². The normalized spacial score (nSPS) is 17.6. The molecule has 1 aromatic carbocycles. The molecule has 1 aromatic rings. The smallest absolute Gasteiger partial charge is 0.323 e. The molecule has 6 nitrogen and oxygen atoms in total. The lowest BCUT2D eigenvalue weighted by atomic mass is 10.2. The van der Waals surface area contributed by atoms with Gasteiger partial charge in [-0.05, 0) is 0 Å². The number of piperazine rings is 1. The summed E-state index contributed by atoms with van der Waals surface area (Å²) in [6, 6.07) is 9.43. The Labute approximate surface area is 120 Å². The molecule has 0 spiro atoms. The molecule has 1 saturated heterocycles. The minimum atomic E-state index is -3.64. The van der Waals surface area contributed by atoms with E-state index >= 15 is 0 Å². The number of nitrogens with one attached hydrogen (secondary N) is 1. The zero-order valence-corrected chi connectivity index (χ0v) is 12.6. The average Bonchev–Trinajstić information content (AvgIpc) is 2.46. The lowest BCUT2D eigenvalue weighted by molar-refractivity contribution is 0.358. The molecule has 110 valence electrons. The second-order valence-corrected chi connectivity index (χ2v) is 6.59. The molecule has 0 aliphatic carbocycles. The number of amidine groups is 1. The fraction of sp³-hybridized carbons (Fsp3) is 0.462. The molecule has 0 amide bonds.